The lowest BCUT2D eigenvalue weighted by Gasteiger charge is -2.27. The molecule has 0 aliphatic heterocycles. The Morgan fingerprint density at radius 2 is 1.30 bits per heavy atom. The van der Waals surface area contributed by atoms with Gasteiger partial charge in [-0.2, -0.15) is 0 Å². The van der Waals surface area contributed by atoms with Crippen LogP contribution in [0.15, 0.2) is 4.99 Å². The fourth-order valence-electron chi connectivity index (χ4n) is 5.07. The molecule has 56 heavy (non-hydrogen) atoms. The molecule has 318 valence electrons. The second kappa shape index (κ2) is 28.1. The number of carbonyl (C=O) groups excluding carboxylic acids is 8. The molecule has 0 aromatic rings. The van der Waals surface area contributed by atoms with Gasteiger partial charge in [0.1, 0.15) is 30.5 Å². The van der Waals surface area contributed by atoms with E-state index in [0.717, 1.165) is 0 Å². The number of aliphatic imine (C=N–C) groups is 1. The molecule has 0 rings (SSSR count). The van der Waals surface area contributed by atoms with Crippen molar-refractivity contribution in [1.82, 2.24) is 37.2 Å². The Morgan fingerprint density at radius 3 is 1.86 bits per heavy atom. The molecule has 0 heterocycles. The van der Waals surface area contributed by atoms with Crippen LogP contribution in [0.3, 0.4) is 0 Å². The van der Waals surface area contributed by atoms with E-state index in [2.05, 4.69) is 42.2 Å². The van der Waals surface area contributed by atoms with Gasteiger partial charge in [-0.1, -0.05) is 34.1 Å². The van der Waals surface area contributed by atoms with Crippen LogP contribution in [0, 0.1) is 11.8 Å². The molecule has 0 radical (unpaired) electrons. The van der Waals surface area contributed by atoms with Gasteiger partial charge in [0.25, 0.3) is 0 Å². The molecule has 0 unspecified atom stereocenters. The predicted octanol–water partition coefficient (Wildman–Crippen LogP) is -4.45. The number of hydrogen-bond donors (Lipinski definition) is 12. The highest BCUT2D eigenvalue weighted by atomic mass is 16.4. The van der Waals surface area contributed by atoms with Crippen LogP contribution in [0.1, 0.15) is 79.1 Å². The summed E-state index contributed by atoms with van der Waals surface area (Å²) < 4.78 is 0. The summed E-state index contributed by atoms with van der Waals surface area (Å²) in [5, 5.41) is 26.4. The Hall–Kier alpha value is -5.38. The molecular formula is C34H62N12O10. The average Bonchev–Trinajstić information content (AvgIpc) is 3.14. The Balaban J connectivity index is 5.85. The first-order chi connectivity index (χ1) is 26.4. The highest BCUT2D eigenvalue weighted by molar-refractivity contribution is 5.97. The Bertz CT molecular complexity index is 1360. The number of rotatable bonds is 29. The molecule has 0 bridgehead atoms. The van der Waals surface area contributed by atoms with E-state index in [-0.39, 0.29) is 37.7 Å². The van der Waals surface area contributed by atoms with Gasteiger partial charge in [0, 0.05) is 6.54 Å². The second-order valence-corrected chi connectivity index (χ2v) is 13.6. The van der Waals surface area contributed by atoms with Crippen LogP contribution in [0.2, 0.25) is 0 Å². The number of nitrogens with two attached hydrogens (primary N) is 4. The van der Waals surface area contributed by atoms with E-state index in [9.17, 15) is 48.3 Å². The van der Waals surface area contributed by atoms with Crippen molar-refractivity contribution in [3.8, 4) is 0 Å². The van der Waals surface area contributed by atoms with E-state index in [1.807, 2.05) is 0 Å². The van der Waals surface area contributed by atoms with Crippen molar-refractivity contribution < 1.29 is 48.3 Å². The zero-order valence-electron chi connectivity index (χ0n) is 32.7. The fourth-order valence-corrected chi connectivity index (χ4v) is 5.07. The van der Waals surface area contributed by atoms with Gasteiger partial charge < -0.3 is 70.1 Å². The lowest BCUT2D eigenvalue weighted by atomic mass is 9.97. The van der Waals surface area contributed by atoms with Gasteiger partial charge in [0.05, 0.1) is 32.1 Å². The number of carboxylic acid groups (broad SMARTS) is 1. The number of hydrogen-bond acceptors (Lipinski definition) is 12. The first kappa shape index (κ1) is 50.6. The fraction of sp³-hybridized carbons (Fsp3) is 0.706. The third kappa shape index (κ3) is 22.1. The maximum atomic E-state index is 13.6. The number of aliphatic carboxylic acids is 1. The van der Waals surface area contributed by atoms with E-state index < -0.39 is 110 Å². The summed E-state index contributed by atoms with van der Waals surface area (Å²) in [4.78, 5) is 117. The number of guanidine groups is 1. The molecule has 6 atom stereocenters. The largest absolute Gasteiger partial charge is 0.481 e. The third-order valence-corrected chi connectivity index (χ3v) is 8.28. The van der Waals surface area contributed by atoms with Gasteiger partial charge in [0.2, 0.25) is 41.4 Å². The quantitative estimate of drug-likeness (QED) is 0.0147. The van der Waals surface area contributed by atoms with Crippen LogP contribution in [0.5, 0.6) is 0 Å². The van der Waals surface area contributed by atoms with E-state index in [1.54, 1.807) is 27.7 Å². The normalized spacial score (nSPS) is 14.0. The van der Waals surface area contributed by atoms with Gasteiger partial charge in [-0.3, -0.25) is 43.3 Å². The number of unbranched alkanes of at least 4 members (excludes halogenated alkanes) is 1. The minimum atomic E-state index is -1.62. The van der Waals surface area contributed by atoms with Crippen LogP contribution in [0.4, 0.5) is 0 Å². The summed E-state index contributed by atoms with van der Waals surface area (Å²) >= 11 is 0. The van der Waals surface area contributed by atoms with Gasteiger partial charge in [-0.25, -0.2) is 0 Å². The van der Waals surface area contributed by atoms with Crippen LogP contribution in [-0.4, -0.2) is 128 Å². The van der Waals surface area contributed by atoms with Crippen LogP contribution in [0.25, 0.3) is 0 Å². The van der Waals surface area contributed by atoms with Crippen LogP contribution >= 0.6 is 0 Å². The molecule has 22 heteroatoms. The molecule has 7 amide bonds. The highest BCUT2D eigenvalue weighted by Crippen LogP contribution is 2.11. The predicted molar refractivity (Wildman–Crippen MR) is 205 cm³/mol. The van der Waals surface area contributed by atoms with Crippen LogP contribution in [-0.2, 0) is 43.2 Å². The molecule has 16 N–H and O–H groups in total. The molecular weight excluding hydrogens is 736 g/mol. The maximum Gasteiger partial charge on any atom is 0.305 e. The van der Waals surface area contributed by atoms with Gasteiger partial charge >= 0.3 is 5.97 Å². The minimum absolute atomic E-state index is 0.0575. The zero-order chi connectivity index (χ0) is 42.8. The summed E-state index contributed by atoms with van der Waals surface area (Å²) in [6.45, 7) is 5.94. The number of carboxylic acids is 1. The molecule has 0 aliphatic rings. The Labute approximate surface area is 326 Å². The molecule has 0 aliphatic carbocycles. The van der Waals surface area contributed by atoms with E-state index in [4.69, 9.17) is 22.9 Å². The lowest BCUT2D eigenvalue weighted by molar-refractivity contribution is -0.141. The minimum Gasteiger partial charge on any atom is -0.481 e. The van der Waals surface area contributed by atoms with Crippen molar-refractivity contribution in [3.63, 3.8) is 0 Å². The summed E-state index contributed by atoms with van der Waals surface area (Å²) in [6, 6.07) is -5.99. The van der Waals surface area contributed by atoms with Gasteiger partial charge in [-0.05, 0) is 56.9 Å². The first-order valence-corrected chi connectivity index (χ1v) is 18.6. The SMILES string of the molecule is CC[C@H](C)[C@H](NC(=O)CNC(=O)[C@H](CC(C)C)NC(=O)[C@H](CC(=O)O)NC(=O)CNC(=O)CN)C(=O)N[C@@H](CCCN=C(N)N)C(=O)N[C@H](C=O)CCCCN. The van der Waals surface area contributed by atoms with Crippen molar-refractivity contribution in [2.75, 3.05) is 32.7 Å². The number of nitrogens with zero attached hydrogens (tertiary/aromatic N) is 1. The lowest BCUT2D eigenvalue weighted by Crippen LogP contribution is -2.58. The number of aldehydes is 1. The van der Waals surface area contributed by atoms with Crippen molar-refractivity contribution in [1.29, 1.82) is 0 Å². The summed E-state index contributed by atoms with van der Waals surface area (Å²) in [7, 11) is 0. The topological polar surface area (TPSA) is 375 Å². The van der Waals surface area contributed by atoms with Gasteiger partial charge in [0.15, 0.2) is 5.96 Å². The van der Waals surface area contributed by atoms with Crippen molar-refractivity contribution in [2.45, 2.75) is 109 Å². The molecule has 0 fully saturated rings. The molecule has 0 saturated heterocycles. The Kier molecular flexibility index (Phi) is 25.4. The zero-order valence-corrected chi connectivity index (χ0v) is 32.7. The number of carbonyl (C=O) groups is 9. The molecule has 0 aromatic heterocycles. The highest BCUT2D eigenvalue weighted by Gasteiger charge is 2.32. The standard InChI is InChI=1S/C34H62N12O10/c1-5-20(4)29(33(56)44-22(10-8-12-39-34(37)38)31(54)42-21(18-47)9-6-7-11-35)46-27(50)17-41-30(53)23(13-19(2)3)45-32(55)24(14-28(51)52)43-26(49)16-40-25(48)15-36/h18-24,29H,5-17,35-36H2,1-4H3,(H,40,48)(H,41,53)(H,42,54)(H,43,49)(H,44,56)(H,45,55)(H,46,50)(H,51,52)(H4,37,38,39)/t20-,21-,22-,23-,24-,29-/m0/s1. The summed E-state index contributed by atoms with van der Waals surface area (Å²) in [5.41, 5.74) is 21.5. The average molecular weight is 799 g/mol. The molecule has 0 aromatic carbocycles. The number of amides is 7. The summed E-state index contributed by atoms with van der Waals surface area (Å²) in [5.74, 6) is -7.66. The smallest absolute Gasteiger partial charge is 0.305 e. The Morgan fingerprint density at radius 1 is 0.696 bits per heavy atom. The molecule has 0 spiro atoms. The summed E-state index contributed by atoms with van der Waals surface area (Å²) in [6.07, 6.45) is 2.19. The molecule has 0 saturated carbocycles. The van der Waals surface area contributed by atoms with E-state index in [0.29, 0.717) is 38.5 Å². The molecule has 22 nitrogen and oxygen atoms in total. The van der Waals surface area contributed by atoms with Crippen molar-refractivity contribution in [2.24, 2.45) is 39.8 Å². The second-order valence-electron chi connectivity index (χ2n) is 13.6. The number of nitrogens with one attached hydrogen (secondary N) is 7. The monoisotopic (exact) mass is 798 g/mol. The maximum absolute atomic E-state index is 13.6. The van der Waals surface area contributed by atoms with E-state index >= 15 is 0 Å². The first-order valence-electron chi connectivity index (χ1n) is 18.6. The van der Waals surface area contributed by atoms with Crippen LogP contribution < -0.4 is 60.2 Å². The third-order valence-electron chi connectivity index (χ3n) is 8.28. The van der Waals surface area contributed by atoms with E-state index in [1.165, 1.54) is 0 Å². The van der Waals surface area contributed by atoms with Gasteiger partial charge in [-0.15, -0.1) is 0 Å². The van der Waals surface area contributed by atoms with Crippen molar-refractivity contribution in [3.05, 3.63) is 0 Å². The van der Waals surface area contributed by atoms with Crippen molar-refractivity contribution >= 4 is 59.6 Å².